The summed E-state index contributed by atoms with van der Waals surface area (Å²) in [5, 5.41) is 5.09. The second-order valence-corrected chi connectivity index (χ2v) is 10.00. The molecule has 0 amide bonds. The van der Waals surface area contributed by atoms with Gasteiger partial charge in [0, 0.05) is 22.1 Å². The van der Waals surface area contributed by atoms with Gasteiger partial charge in [0.1, 0.15) is 0 Å². The standard InChI is InChI=1S/C28H22INO2S/c1-2-3-6-18-9-11-19(12-10-18)28(32)24-25(29)27(21-13-14-33-17-21)30-23-8-5-4-7-20(23)15-22(16-31)26(24)30/h4-5,7-17H,2-3,6H2,1H3. The quantitative estimate of drug-likeness (QED) is 0.115. The number of fused-ring (bicyclic) bond motifs is 3. The van der Waals surface area contributed by atoms with Crippen LogP contribution in [0.5, 0.6) is 0 Å². The van der Waals surface area contributed by atoms with Crippen LogP contribution in [0.3, 0.4) is 0 Å². The second-order valence-electron chi connectivity index (χ2n) is 8.14. The molecule has 5 aromatic rings. The first kappa shape index (κ1) is 22.0. The number of carbonyl (C=O) groups excluding carboxylic acids is 2. The fraction of sp³-hybridized carbons (Fsp3) is 0.143. The second kappa shape index (κ2) is 9.23. The van der Waals surface area contributed by atoms with E-state index in [-0.39, 0.29) is 5.78 Å². The van der Waals surface area contributed by atoms with Crippen molar-refractivity contribution in [3.63, 3.8) is 0 Å². The number of carbonyl (C=O) groups is 2. The van der Waals surface area contributed by atoms with E-state index in [9.17, 15) is 9.59 Å². The lowest BCUT2D eigenvalue weighted by atomic mass is 9.99. The van der Waals surface area contributed by atoms with Crippen molar-refractivity contribution in [3.05, 3.63) is 97.2 Å². The van der Waals surface area contributed by atoms with Gasteiger partial charge in [-0.05, 0) is 70.0 Å². The van der Waals surface area contributed by atoms with E-state index in [1.54, 1.807) is 11.3 Å². The molecule has 0 radical (unpaired) electrons. The minimum absolute atomic E-state index is 0.0567. The molecular weight excluding hydrogens is 541 g/mol. The number of rotatable bonds is 7. The Morgan fingerprint density at radius 3 is 2.58 bits per heavy atom. The highest BCUT2D eigenvalue weighted by atomic mass is 127. The van der Waals surface area contributed by atoms with Gasteiger partial charge in [-0.25, -0.2) is 0 Å². The Balaban J connectivity index is 1.79. The molecule has 0 aliphatic rings. The summed E-state index contributed by atoms with van der Waals surface area (Å²) < 4.78 is 2.96. The van der Waals surface area contributed by atoms with Gasteiger partial charge in [-0.3, -0.25) is 9.59 Å². The molecule has 0 fully saturated rings. The number of ketones is 1. The predicted molar refractivity (Wildman–Crippen MR) is 145 cm³/mol. The first-order valence-electron chi connectivity index (χ1n) is 11.0. The zero-order valence-corrected chi connectivity index (χ0v) is 21.2. The van der Waals surface area contributed by atoms with Gasteiger partial charge in [0.05, 0.1) is 25.9 Å². The average molecular weight is 563 g/mol. The summed E-state index contributed by atoms with van der Waals surface area (Å²) >= 11 is 3.89. The molecule has 0 unspecified atom stereocenters. The molecule has 3 nitrogen and oxygen atoms in total. The number of hydrogen-bond donors (Lipinski definition) is 0. The van der Waals surface area contributed by atoms with Crippen LogP contribution in [-0.2, 0) is 6.42 Å². The number of hydrogen-bond acceptors (Lipinski definition) is 3. The Labute approximate surface area is 210 Å². The largest absolute Gasteiger partial charge is 0.307 e. The molecule has 0 spiro atoms. The normalized spacial score (nSPS) is 11.3. The van der Waals surface area contributed by atoms with Crippen LogP contribution in [0.15, 0.2) is 71.4 Å². The smallest absolute Gasteiger partial charge is 0.196 e. The molecule has 0 saturated heterocycles. The Kier molecular flexibility index (Phi) is 6.17. The van der Waals surface area contributed by atoms with Gasteiger partial charge in [-0.1, -0.05) is 55.8 Å². The van der Waals surface area contributed by atoms with Crippen molar-refractivity contribution in [2.75, 3.05) is 0 Å². The number of nitrogens with zero attached hydrogens (tertiary/aromatic N) is 1. The van der Waals surface area contributed by atoms with Gasteiger partial charge in [-0.15, -0.1) is 0 Å². The third kappa shape index (κ3) is 3.83. The topological polar surface area (TPSA) is 38.5 Å². The summed E-state index contributed by atoms with van der Waals surface area (Å²) in [7, 11) is 0. The number of aromatic nitrogens is 1. The summed E-state index contributed by atoms with van der Waals surface area (Å²) in [6.45, 7) is 2.18. The van der Waals surface area contributed by atoms with Crippen LogP contribution in [0.1, 0.15) is 51.6 Å². The number of para-hydroxylation sites is 1. The monoisotopic (exact) mass is 563 g/mol. The van der Waals surface area contributed by atoms with Crippen molar-refractivity contribution >= 4 is 62.4 Å². The fourth-order valence-electron chi connectivity index (χ4n) is 4.41. The van der Waals surface area contributed by atoms with Gasteiger partial charge in [0.25, 0.3) is 0 Å². The van der Waals surface area contributed by atoms with Crippen molar-refractivity contribution in [1.82, 2.24) is 4.40 Å². The van der Waals surface area contributed by atoms with Gasteiger partial charge in [0.2, 0.25) is 0 Å². The van der Waals surface area contributed by atoms with E-state index in [1.807, 2.05) is 60.0 Å². The lowest BCUT2D eigenvalue weighted by molar-refractivity contribution is 0.103. The van der Waals surface area contributed by atoms with Crippen LogP contribution in [-0.4, -0.2) is 16.5 Å². The number of thiophene rings is 1. The fourth-order valence-corrected chi connectivity index (χ4v) is 6.10. The Morgan fingerprint density at radius 2 is 1.88 bits per heavy atom. The zero-order valence-electron chi connectivity index (χ0n) is 18.2. The maximum Gasteiger partial charge on any atom is 0.196 e. The van der Waals surface area contributed by atoms with Gasteiger partial charge in [-0.2, -0.15) is 11.3 Å². The first-order valence-corrected chi connectivity index (χ1v) is 13.0. The number of benzene rings is 2. The molecule has 5 rings (SSSR count). The molecule has 0 bridgehead atoms. The van der Waals surface area contributed by atoms with Crippen LogP contribution >= 0.6 is 33.9 Å². The molecule has 0 N–H and O–H groups in total. The maximum absolute atomic E-state index is 13.9. The van der Waals surface area contributed by atoms with E-state index in [0.29, 0.717) is 22.2 Å². The molecule has 3 heterocycles. The molecular formula is C28H22INO2S. The van der Waals surface area contributed by atoms with E-state index in [4.69, 9.17) is 0 Å². The minimum Gasteiger partial charge on any atom is -0.307 e. The van der Waals surface area contributed by atoms with Crippen molar-refractivity contribution in [1.29, 1.82) is 0 Å². The van der Waals surface area contributed by atoms with E-state index < -0.39 is 0 Å². The van der Waals surface area contributed by atoms with Crippen LogP contribution < -0.4 is 0 Å². The van der Waals surface area contributed by atoms with Crippen LogP contribution in [0.25, 0.3) is 27.7 Å². The van der Waals surface area contributed by atoms with E-state index in [1.165, 1.54) is 5.56 Å². The summed E-state index contributed by atoms with van der Waals surface area (Å²) in [5.74, 6) is -0.0567. The van der Waals surface area contributed by atoms with Gasteiger partial charge in [0.15, 0.2) is 12.1 Å². The third-order valence-electron chi connectivity index (χ3n) is 6.06. The minimum atomic E-state index is -0.0567. The van der Waals surface area contributed by atoms with Crippen molar-refractivity contribution < 1.29 is 9.59 Å². The SMILES string of the molecule is CCCCc1ccc(C(=O)c2c(I)c(-c3ccsc3)n3c2c(C=O)cc2ccccc23)cc1. The molecule has 33 heavy (non-hydrogen) atoms. The van der Waals surface area contributed by atoms with Crippen LogP contribution in [0, 0.1) is 3.57 Å². The number of halogens is 1. The molecule has 3 aromatic heterocycles. The lowest BCUT2D eigenvalue weighted by Crippen LogP contribution is -2.04. The summed E-state index contributed by atoms with van der Waals surface area (Å²) in [5.41, 5.74) is 6.64. The average Bonchev–Trinajstić information content (AvgIpc) is 3.48. The van der Waals surface area contributed by atoms with Crippen LogP contribution in [0.2, 0.25) is 0 Å². The number of aldehydes is 1. The lowest BCUT2D eigenvalue weighted by Gasteiger charge is -2.09. The Morgan fingerprint density at radius 1 is 1.09 bits per heavy atom. The predicted octanol–water partition coefficient (Wildman–Crippen LogP) is 7.81. The molecule has 0 atom stereocenters. The molecule has 5 heteroatoms. The van der Waals surface area contributed by atoms with E-state index in [0.717, 1.165) is 51.3 Å². The highest BCUT2D eigenvalue weighted by molar-refractivity contribution is 14.1. The first-order chi connectivity index (χ1) is 16.1. The summed E-state index contributed by atoms with van der Waals surface area (Å²) in [6, 6.07) is 19.9. The highest BCUT2D eigenvalue weighted by Gasteiger charge is 2.27. The number of pyridine rings is 1. The van der Waals surface area contributed by atoms with Crippen LogP contribution in [0.4, 0.5) is 0 Å². The molecule has 0 aliphatic carbocycles. The maximum atomic E-state index is 13.9. The van der Waals surface area contributed by atoms with E-state index in [2.05, 4.69) is 45.4 Å². The number of unbranched alkanes of at least 4 members (excludes halogenated alkanes) is 1. The zero-order chi connectivity index (χ0) is 22.9. The Hall–Kier alpha value is -2.77. The Bertz CT molecular complexity index is 1480. The molecule has 0 aliphatic heterocycles. The molecule has 2 aromatic carbocycles. The highest BCUT2D eigenvalue weighted by Crippen LogP contribution is 2.39. The van der Waals surface area contributed by atoms with E-state index >= 15 is 0 Å². The summed E-state index contributed by atoms with van der Waals surface area (Å²) in [6.07, 6.45) is 4.15. The van der Waals surface area contributed by atoms with Crippen molar-refractivity contribution in [2.45, 2.75) is 26.2 Å². The summed E-state index contributed by atoms with van der Waals surface area (Å²) in [4.78, 5) is 26.1. The third-order valence-corrected chi connectivity index (χ3v) is 7.79. The van der Waals surface area contributed by atoms with Gasteiger partial charge >= 0.3 is 0 Å². The van der Waals surface area contributed by atoms with Crippen molar-refractivity contribution in [2.24, 2.45) is 0 Å². The van der Waals surface area contributed by atoms with Crippen molar-refractivity contribution in [3.8, 4) is 11.3 Å². The van der Waals surface area contributed by atoms with Gasteiger partial charge < -0.3 is 4.40 Å². The molecule has 0 saturated carbocycles. The number of aryl methyl sites for hydroxylation is 1. The molecule has 164 valence electrons.